The molecule has 0 unspecified atom stereocenters. The summed E-state index contributed by atoms with van der Waals surface area (Å²) >= 11 is 0. The number of anilines is 3. The SMILES string of the molecule is Cc1c(Nc2ccc(N3CCN(C)CC3)cc2)ncc2ccc(=O)n(CCc3ccccc3)c12. The zero-order valence-corrected chi connectivity index (χ0v) is 19.9. The summed E-state index contributed by atoms with van der Waals surface area (Å²) in [6.45, 7) is 6.95. The summed E-state index contributed by atoms with van der Waals surface area (Å²) in [6.07, 6.45) is 2.65. The average molecular weight is 454 g/mol. The molecular weight excluding hydrogens is 422 g/mol. The Morgan fingerprint density at radius 3 is 2.38 bits per heavy atom. The number of likely N-dealkylation sites (N-methyl/N-ethyl adjacent to an activating group) is 1. The lowest BCUT2D eigenvalue weighted by Crippen LogP contribution is -2.44. The molecule has 0 bridgehead atoms. The van der Waals surface area contributed by atoms with Crippen LogP contribution in [0, 0.1) is 6.92 Å². The first-order chi connectivity index (χ1) is 16.6. The van der Waals surface area contributed by atoms with E-state index in [-0.39, 0.29) is 5.56 Å². The molecule has 34 heavy (non-hydrogen) atoms. The molecule has 5 rings (SSSR count). The average Bonchev–Trinajstić information content (AvgIpc) is 2.87. The van der Waals surface area contributed by atoms with Crippen LogP contribution in [0.1, 0.15) is 11.1 Å². The van der Waals surface area contributed by atoms with Crippen molar-refractivity contribution in [2.24, 2.45) is 0 Å². The van der Waals surface area contributed by atoms with Gasteiger partial charge in [-0.25, -0.2) is 4.98 Å². The molecule has 0 aliphatic carbocycles. The van der Waals surface area contributed by atoms with Gasteiger partial charge in [0.15, 0.2) is 0 Å². The molecule has 174 valence electrons. The molecule has 0 radical (unpaired) electrons. The second-order valence-corrected chi connectivity index (χ2v) is 9.06. The molecule has 3 heterocycles. The van der Waals surface area contributed by atoms with Crippen LogP contribution in [-0.2, 0) is 13.0 Å². The fourth-order valence-electron chi connectivity index (χ4n) is 4.65. The van der Waals surface area contributed by atoms with E-state index < -0.39 is 0 Å². The van der Waals surface area contributed by atoms with E-state index in [9.17, 15) is 4.79 Å². The molecule has 2 aromatic heterocycles. The first-order valence-electron chi connectivity index (χ1n) is 11.9. The maximum absolute atomic E-state index is 12.8. The minimum absolute atomic E-state index is 0.0141. The van der Waals surface area contributed by atoms with E-state index in [4.69, 9.17) is 0 Å². The highest BCUT2D eigenvalue weighted by atomic mass is 16.1. The fraction of sp³-hybridized carbons (Fsp3) is 0.286. The summed E-state index contributed by atoms with van der Waals surface area (Å²) in [5.41, 5.74) is 5.39. The predicted octanol–water partition coefficient (Wildman–Crippen LogP) is 4.44. The Bertz CT molecular complexity index is 1320. The number of piperazine rings is 1. The summed E-state index contributed by atoms with van der Waals surface area (Å²) in [6, 6.07) is 22.3. The molecule has 6 nitrogen and oxygen atoms in total. The summed E-state index contributed by atoms with van der Waals surface area (Å²) in [7, 11) is 2.17. The van der Waals surface area contributed by atoms with Gasteiger partial charge in [0, 0.05) is 67.3 Å². The van der Waals surface area contributed by atoms with Crippen molar-refractivity contribution in [3.8, 4) is 0 Å². The third kappa shape index (κ3) is 4.68. The molecule has 1 saturated heterocycles. The highest BCUT2D eigenvalue weighted by molar-refractivity contribution is 5.85. The number of pyridine rings is 2. The van der Waals surface area contributed by atoms with Gasteiger partial charge in [-0.1, -0.05) is 30.3 Å². The molecule has 0 atom stereocenters. The third-order valence-electron chi connectivity index (χ3n) is 6.72. The quantitative estimate of drug-likeness (QED) is 0.468. The van der Waals surface area contributed by atoms with Crippen LogP contribution < -0.4 is 15.8 Å². The Morgan fingerprint density at radius 1 is 0.912 bits per heavy atom. The standard InChI is InChI=1S/C28H31N5O/c1-21-27-23(8-13-26(34)33(27)15-14-22-6-4-3-5-7-22)20-29-28(21)30-24-9-11-25(12-10-24)32-18-16-31(2)17-19-32/h3-13,20H,14-19H2,1-2H3,(H,29,30). The number of rotatable bonds is 6. The van der Waals surface area contributed by atoms with Crippen molar-refractivity contribution in [1.29, 1.82) is 0 Å². The van der Waals surface area contributed by atoms with Crippen molar-refractivity contribution in [2.75, 3.05) is 43.4 Å². The maximum Gasteiger partial charge on any atom is 0.251 e. The molecule has 4 aromatic rings. The van der Waals surface area contributed by atoms with Gasteiger partial charge in [0.2, 0.25) is 0 Å². The van der Waals surface area contributed by atoms with Gasteiger partial charge in [-0.2, -0.15) is 0 Å². The minimum Gasteiger partial charge on any atom is -0.369 e. The summed E-state index contributed by atoms with van der Waals surface area (Å²) in [4.78, 5) is 22.3. The first kappa shape index (κ1) is 22.2. The number of nitrogens with zero attached hydrogens (tertiary/aromatic N) is 4. The molecule has 0 amide bonds. The van der Waals surface area contributed by atoms with Crippen LogP contribution in [0.3, 0.4) is 0 Å². The molecule has 0 spiro atoms. The number of nitrogens with one attached hydrogen (secondary N) is 1. The molecule has 1 fully saturated rings. The number of aryl methyl sites for hydroxylation is 3. The van der Waals surface area contributed by atoms with Gasteiger partial charge in [0.1, 0.15) is 5.82 Å². The Balaban J connectivity index is 1.39. The van der Waals surface area contributed by atoms with Crippen LogP contribution in [0.25, 0.3) is 10.9 Å². The fourth-order valence-corrected chi connectivity index (χ4v) is 4.65. The highest BCUT2D eigenvalue weighted by Crippen LogP contribution is 2.26. The maximum atomic E-state index is 12.8. The van der Waals surface area contributed by atoms with Crippen molar-refractivity contribution < 1.29 is 0 Å². The summed E-state index contributed by atoms with van der Waals surface area (Å²) in [5, 5.41) is 4.44. The van der Waals surface area contributed by atoms with Crippen LogP contribution in [0.4, 0.5) is 17.2 Å². The van der Waals surface area contributed by atoms with E-state index >= 15 is 0 Å². The van der Waals surface area contributed by atoms with Gasteiger partial charge in [-0.3, -0.25) is 4.79 Å². The van der Waals surface area contributed by atoms with E-state index in [0.29, 0.717) is 6.54 Å². The Hall–Kier alpha value is -3.64. The number of hydrogen-bond acceptors (Lipinski definition) is 5. The van der Waals surface area contributed by atoms with Crippen molar-refractivity contribution >= 4 is 28.1 Å². The van der Waals surface area contributed by atoms with E-state index in [2.05, 4.69) is 63.5 Å². The Morgan fingerprint density at radius 2 is 1.65 bits per heavy atom. The van der Waals surface area contributed by atoms with E-state index in [1.54, 1.807) is 6.07 Å². The smallest absolute Gasteiger partial charge is 0.251 e. The van der Waals surface area contributed by atoms with Gasteiger partial charge in [-0.15, -0.1) is 0 Å². The molecule has 2 aromatic carbocycles. The lowest BCUT2D eigenvalue weighted by atomic mass is 10.1. The van der Waals surface area contributed by atoms with Gasteiger partial charge in [-0.05, 0) is 56.3 Å². The molecule has 1 N–H and O–H groups in total. The molecule has 6 heteroatoms. The van der Waals surface area contributed by atoms with E-state index in [0.717, 1.165) is 60.6 Å². The van der Waals surface area contributed by atoms with Crippen LogP contribution in [-0.4, -0.2) is 47.7 Å². The van der Waals surface area contributed by atoms with Gasteiger partial charge >= 0.3 is 0 Å². The molecule has 1 aliphatic heterocycles. The monoisotopic (exact) mass is 453 g/mol. The Labute approximate surface area is 200 Å². The zero-order chi connectivity index (χ0) is 23.5. The second-order valence-electron chi connectivity index (χ2n) is 9.06. The van der Waals surface area contributed by atoms with Crippen molar-refractivity contribution in [3.63, 3.8) is 0 Å². The van der Waals surface area contributed by atoms with Gasteiger partial charge in [0.25, 0.3) is 5.56 Å². The number of fused-ring (bicyclic) bond motifs is 1. The van der Waals surface area contributed by atoms with Crippen molar-refractivity contribution in [3.05, 3.63) is 94.4 Å². The topological polar surface area (TPSA) is 53.4 Å². The molecule has 0 saturated carbocycles. The Kier molecular flexibility index (Phi) is 6.32. The number of benzene rings is 2. The van der Waals surface area contributed by atoms with Crippen LogP contribution in [0.2, 0.25) is 0 Å². The van der Waals surface area contributed by atoms with Crippen molar-refractivity contribution in [1.82, 2.24) is 14.5 Å². The highest BCUT2D eigenvalue weighted by Gasteiger charge is 2.15. The molecule has 1 aliphatic rings. The van der Waals surface area contributed by atoms with Gasteiger partial charge < -0.3 is 19.7 Å². The third-order valence-corrected chi connectivity index (χ3v) is 6.72. The van der Waals surface area contributed by atoms with Crippen LogP contribution >= 0.6 is 0 Å². The lowest BCUT2D eigenvalue weighted by Gasteiger charge is -2.34. The minimum atomic E-state index is 0.0141. The summed E-state index contributed by atoms with van der Waals surface area (Å²) in [5.74, 6) is 0.777. The lowest BCUT2D eigenvalue weighted by molar-refractivity contribution is 0.313. The zero-order valence-electron chi connectivity index (χ0n) is 19.9. The second kappa shape index (κ2) is 9.69. The van der Waals surface area contributed by atoms with Crippen LogP contribution in [0.15, 0.2) is 77.7 Å². The van der Waals surface area contributed by atoms with E-state index in [1.165, 1.54) is 11.3 Å². The summed E-state index contributed by atoms with van der Waals surface area (Å²) < 4.78 is 1.88. The van der Waals surface area contributed by atoms with Crippen molar-refractivity contribution in [2.45, 2.75) is 19.9 Å². The number of aromatic nitrogens is 2. The largest absolute Gasteiger partial charge is 0.369 e. The molecular formula is C28H31N5O. The predicted molar refractivity (Wildman–Crippen MR) is 140 cm³/mol. The van der Waals surface area contributed by atoms with Crippen LogP contribution in [0.5, 0.6) is 0 Å². The number of hydrogen-bond donors (Lipinski definition) is 1. The van der Waals surface area contributed by atoms with Gasteiger partial charge in [0.05, 0.1) is 5.52 Å². The first-order valence-corrected chi connectivity index (χ1v) is 11.9. The normalized spacial score (nSPS) is 14.5. The van der Waals surface area contributed by atoms with E-state index in [1.807, 2.05) is 42.0 Å².